The second-order valence-corrected chi connectivity index (χ2v) is 6.25. The molecule has 102 valence electrons. The van der Waals surface area contributed by atoms with Crippen LogP contribution in [0.25, 0.3) is 11.0 Å². The summed E-state index contributed by atoms with van der Waals surface area (Å²) in [6.45, 7) is 3.67. The van der Waals surface area contributed by atoms with Gasteiger partial charge in [-0.1, -0.05) is 0 Å². The van der Waals surface area contributed by atoms with Crippen molar-refractivity contribution in [2.45, 2.75) is 25.8 Å². The summed E-state index contributed by atoms with van der Waals surface area (Å²) >= 11 is 8.39. The van der Waals surface area contributed by atoms with Crippen LogP contribution in [0.1, 0.15) is 20.3 Å². The number of benzene rings is 1. The van der Waals surface area contributed by atoms with Crippen LogP contribution >= 0.6 is 28.1 Å². The van der Waals surface area contributed by atoms with Gasteiger partial charge in [-0.2, -0.15) is 0 Å². The van der Waals surface area contributed by atoms with Gasteiger partial charge in [-0.05, 0) is 48.1 Å². The van der Waals surface area contributed by atoms with Gasteiger partial charge in [0.25, 0.3) is 0 Å². The van der Waals surface area contributed by atoms with Crippen molar-refractivity contribution >= 4 is 45.1 Å². The molecule has 0 spiro atoms. The summed E-state index contributed by atoms with van der Waals surface area (Å²) in [4.78, 5) is 14.2. The first-order valence-corrected chi connectivity index (χ1v) is 6.81. The number of carbonyl (C=O) groups excluding carboxylic acids is 1. The van der Waals surface area contributed by atoms with Crippen LogP contribution in [-0.4, -0.2) is 15.5 Å². The summed E-state index contributed by atoms with van der Waals surface area (Å²) in [5.41, 5.74) is 5.94. The maximum absolute atomic E-state index is 13.7. The minimum Gasteiger partial charge on any atom is -0.370 e. The number of fused-ring (bicyclic) bond motifs is 1. The molecule has 1 aromatic heterocycles. The largest absolute Gasteiger partial charge is 0.370 e. The molecule has 7 heteroatoms. The van der Waals surface area contributed by atoms with Crippen molar-refractivity contribution in [3.8, 4) is 0 Å². The topological polar surface area (TPSA) is 63.8 Å². The van der Waals surface area contributed by atoms with E-state index in [-0.39, 0.29) is 12.2 Å². The van der Waals surface area contributed by atoms with E-state index in [1.165, 1.54) is 6.07 Å². The molecule has 3 N–H and O–H groups in total. The number of amides is 1. The lowest BCUT2D eigenvalue weighted by Gasteiger charge is -2.26. The predicted molar refractivity (Wildman–Crippen MR) is 77.9 cm³/mol. The number of nitrogens with zero attached hydrogens (tertiary/aromatic N) is 1. The zero-order valence-corrected chi connectivity index (χ0v) is 12.9. The van der Waals surface area contributed by atoms with Crippen LogP contribution in [-0.2, 0) is 10.3 Å². The van der Waals surface area contributed by atoms with E-state index in [0.717, 1.165) is 0 Å². The highest BCUT2D eigenvalue weighted by Crippen LogP contribution is 2.29. The number of carbonyl (C=O) groups is 1. The average Bonchev–Trinajstić information content (AvgIpc) is 2.53. The van der Waals surface area contributed by atoms with E-state index in [9.17, 15) is 9.18 Å². The van der Waals surface area contributed by atoms with E-state index >= 15 is 0 Å². The van der Waals surface area contributed by atoms with Gasteiger partial charge in [0.2, 0.25) is 5.91 Å². The maximum atomic E-state index is 13.7. The molecule has 4 nitrogen and oxygen atoms in total. The molecule has 2 aromatic rings. The number of aromatic amines is 1. The fourth-order valence-corrected chi connectivity index (χ4v) is 3.01. The van der Waals surface area contributed by atoms with Crippen molar-refractivity contribution in [2.24, 2.45) is 5.73 Å². The van der Waals surface area contributed by atoms with Gasteiger partial charge in [0.1, 0.15) is 5.82 Å². The zero-order chi connectivity index (χ0) is 14.4. The number of rotatable bonds is 3. The Morgan fingerprint density at radius 1 is 1.58 bits per heavy atom. The highest BCUT2D eigenvalue weighted by molar-refractivity contribution is 9.10. The second-order valence-electron chi connectivity index (χ2n) is 5.00. The van der Waals surface area contributed by atoms with Crippen LogP contribution in [0.15, 0.2) is 16.6 Å². The van der Waals surface area contributed by atoms with Crippen molar-refractivity contribution < 1.29 is 9.18 Å². The van der Waals surface area contributed by atoms with E-state index in [2.05, 4.69) is 20.9 Å². The van der Waals surface area contributed by atoms with Crippen LogP contribution in [0, 0.1) is 10.6 Å². The summed E-state index contributed by atoms with van der Waals surface area (Å²) in [6.07, 6.45) is 0.117. The summed E-state index contributed by atoms with van der Waals surface area (Å²) in [5.74, 6) is -0.816. The van der Waals surface area contributed by atoms with Crippen LogP contribution in [0.5, 0.6) is 0 Å². The van der Waals surface area contributed by atoms with Crippen molar-refractivity contribution in [3.05, 3.63) is 27.2 Å². The monoisotopic (exact) mass is 345 g/mol. The third-order valence-corrected chi connectivity index (χ3v) is 3.83. The molecule has 2 rings (SSSR count). The van der Waals surface area contributed by atoms with Gasteiger partial charge in [0.15, 0.2) is 4.77 Å². The Bertz CT molecular complexity index is 720. The van der Waals surface area contributed by atoms with Gasteiger partial charge in [-0.15, -0.1) is 0 Å². The first-order chi connectivity index (χ1) is 8.72. The number of primary amides is 1. The molecule has 0 aliphatic heterocycles. The Balaban J connectivity index is 2.73. The molecular weight excluding hydrogens is 333 g/mol. The number of H-pyrrole nitrogens is 1. The number of nitrogens with one attached hydrogen (secondary N) is 1. The normalized spacial score (nSPS) is 12.0. The Kier molecular flexibility index (Phi) is 3.53. The van der Waals surface area contributed by atoms with E-state index in [4.69, 9.17) is 18.0 Å². The lowest BCUT2D eigenvalue weighted by Crippen LogP contribution is -2.32. The molecular formula is C12H13BrFN3OS. The molecule has 0 saturated carbocycles. The maximum Gasteiger partial charge on any atom is 0.219 e. The van der Waals surface area contributed by atoms with Crippen LogP contribution in [0.2, 0.25) is 0 Å². The first kappa shape index (κ1) is 14.2. The fraction of sp³-hybridized carbons (Fsp3) is 0.333. The standard InChI is InChI=1S/C12H13BrFN3OS/c1-12(2,5-10(15)18)17-9-4-7(14)6(13)3-8(9)16-11(17)19/h3-4H,5H2,1-2H3,(H2,15,18)(H,16,19). The lowest BCUT2D eigenvalue weighted by atomic mass is 9.99. The van der Waals surface area contributed by atoms with E-state index in [1.807, 2.05) is 13.8 Å². The summed E-state index contributed by atoms with van der Waals surface area (Å²) in [7, 11) is 0. The Morgan fingerprint density at radius 2 is 2.21 bits per heavy atom. The minimum atomic E-state index is -0.624. The molecule has 0 radical (unpaired) electrons. The SMILES string of the molecule is CC(C)(CC(N)=O)n1c(=S)[nH]c2cc(Br)c(F)cc21. The summed E-state index contributed by atoms with van der Waals surface area (Å²) < 4.78 is 16.2. The number of hydrogen-bond donors (Lipinski definition) is 2. The quantitative estimate of drug-likeness (QED) is 0.839. The van der Waals surface area contributed by atoms with Gasteiger partial charge < -0.3 is 15.3 Å². The average molecular weight is 346 g/mol. The first-order valence-electron chi connectivity index (χ1n) is 5.61. The van der Waals surface area contributed by atoms with Crippen LogP contribution in [0.3, 0.4) is 0 Å². The van der Waals surface area contributed by atoms with Gasteiger partial charge in [0, 0.05) is 12.5 Å². The highest BCUT2D eigenvalue weighted by Gasteiger charge is 2.26. The van der Waals surface area contributed by atoms with Gasteiger partial charge >= 0.3 is 0 Å². The molecule has 0 aliphatic carbocycles. The van der Waals surface area contributed by atoms with Crippen LogP contribution in [0.4, 0.5) is 4.39 Å². The predicted octanol–water partition coefficient (Wildman–Crippen LogP) is 3.21. The lowest BCUT2D eigenvalue weighted by molar-refractivity contribution is -0.119. The third kappa shape index (κ3) is 2.57. The van der Waals surface area contributed by atoms with E-state index < -0.39 is 11.4 Å². The van der Waals surface area contributed by atoms with Crippen molar-refractivity contribution in [2.75, 3.05) is 0 Å². The third-order valence-electron chi connectivity index (χ3n) is 2.94. The van der Waals surface area contributed by atoms with Crippen molar-refractivity contribution in [1.29, 1.82) is 0 Å². The van der Waals surface area contributed by atoms with Gasteiger partial charge in [-0.25, -0.2) is 4.39 Å². The van der Waals surface area contributed by atoms with Crippen LogP contribution < -0.4 is 5.73 Å². The Hall–Kier alpha value is -1.21. The zero-order valence-electron chi connectivity index (χ0n) is 10.5. The van der Waals surface area contributed by atoms with E-state index in [0.29, 0.717) is 20.3 Å². The molecule has 1 aromatic carbocycles. The number of halogens is 2. The number of imidazole rings is 1. The van der Waals surface area contributed by atoms with E-state index in [1.54, 1.807) is 10.6 Å². The van der Waals surface area contributed by atoms with Crippen molar-refractivity contribution in [1.82, 2.24) is 9.55 Å². The van der Waals surface area contributed by atoms with Gasteiger partial charge in [-0.3, -0.25) is 4.79 Å². The fourth-order valence-electron chi connectivity index (χ4n) is 2.21. The molecule has 0 aliphatic rings. The smallest absolute Gasteiger partial charge is 0.219 e. The summed E-state index contributed by atoms with van der Waals surface area (Å²) in [6, 6.07) is 3.01. The number of hydrogen-bond acceptors (Lipinski definition) is 2. The number of aromatic nitrogens is 2. The second kappa shape index (κ2) is 4.72. The Morgan fingerprint density at radius 3 is 2.79 bits per heavy atom. The minimum absolute atomic E-state index is 0.117. The number of nitrogens with two attached hydrogens (primary N) is 1. The molecule has 19 heavy (non-hydrogen) atoms. The Labute approximate surface area is 122 Å². The molecule has 1 amide bonds. The molecule has 0 bridgehead atoms. The molecule has 0 unspecified atom stereocenters. The van der Waals surface area contributed by atoms with Gasteiger partial charge in [0.05, 0.1) is 21.0 Å². The molecule has 1 heterocycles. The molecule has 0 atom stereocenters. The summed E-state index contributed by atoms with van der Waals surface area (Å²) in [5, 5.41) is 0. The highest BCUT2D eigenvalue weighted by atomic mass is 79.9. The molecule has 0 saturated heterocycles. The van der Waals surface area contributed by atoms with Crippen molar-refractivity contribution in [3.63, 3.8) is 0 Å². The molecule has 0 fully saturated rings.